The summed E-state index contributed by atoms with van der Waals surface area (Å²) in [5.41, 5.74) is 4.57. The Morgan fingerprint density at radius 2 is 1.95 bits per heavy atom. The van der Waals surface area contributed by atoms with E-state index in [-0.39, 0.29) is 5.91 Å². The molecule has 1 aliphatic rings. The van der Waals surface area contributed by atoms with Crippen LogP contribution >= 0.6 is 15.9 Å². The number of para-hydroxylation sites is 1. The second kappa shape index (κ2) is 4.60. The number of fused-ring (bicyclic) bond motifs is 2. The number of aromatic nitrogens is 1. The third-order valence-electron chi connectivity index (χ3n) is 3.69. The quantitative estimate of drug-likeness (QED) is 0.633. The van der Waals surface area contributed by atoms with Crippen molar-refractivity contribution in [3.8, 4) is 0 Å². The predicted octanol–water partition coefficient (Wildman–Crippen LogP) is 4.42. The molecule has 0 radical (unpaired) electrons. The van der Waals surface area contributed by atoms with Gasteiger partial charge in [-0.2, -0.15) is 0 Å². The van der Waals surface area contributed by atoms with E-state index in [1.54, 1.807) is 0 Å². The lowest BCUT2D eigenvalue weighted by atomic mass is 10.0. The maximum Gasteiger partial charge on any atom is 0.256 e. The van der Waals surface area contributed by atoms with Crippen molar-refractivity contribution in [3.05, 3.63) is 64.3 Å². The molecule has 3 aromatic rings. The topological polar surface area (TPSA) is 44.9 Å². The molecule has 2 aromatic carbocycles. The standard InChI is InChI=1S/C17H11BrN2O/c18-11-5-6-13-14(17(21)20-16(13)8-11)7-10-9-19-15-4-2-1-3-12(10)15/h1-9,19H,(H,20,21). The van der Waals surface area contributed by atoms with Crippen molar-refractivity contribution in [2.75, 3.05) is 5.32 Å². The highest BCUT2D eigenvalue weighted by atomic mass is 79.9. The van der Waals surface area contributed by atoms with Gasteiger partial charge in [0.2, 0.25) is 0 Å². The van der Waals surface area contributed by atoms with Crippen LogP contribution in [0.4, 0.5) is 5.69 Å². The van der Waals surface area contributed by atoms with Gasteiger partial charge in [-0.1, -0.05) is 40.2 Å². The molecule has 0 saturated heterocycles. The van der Waals surface area contributed by atoms with Crippen molar-refractivity contribution >= 4 is 50.1 Å². The molecule has 1 aliphatic heterocycles. The van der Waals surface area contributed by atoms with Gasteiger partial charge in [0, 0.05) is 38.3 Å². The fourth-order valence-electron chi connectivity index (χ4n) is 2.68. The van der Waals surface area contributed by atoms with Crippen LogP contribution in [0.15, 0.2) is 53.1 Å². The summed E-state index contributed by atoms with van der Waals surface area (Å²) in [4.78, 5) is 15.4. The van der Waals surface area contributed by atoms with Crippen LogP contribution in [-0.2, 0) is 4.79 Å². The van der Waals surface area contributed by atoms with Gasteiger partial charge < -0.3 is 10.3 Å². The van der Waals surface area contributed by atoms with Gasteiger partial charge in [-0.3, -0.25) is 4.79 Å². The van der Waals surface area contributed by atoms with Gasteiger partial charge in [-0.25, -0.2) is 0 Å². The lowest BCUT2D eigenvalue weighted by molar-refractivity contribution is -0.110. The van der Waals surface area contributed by atoms with Crippen LogP contribution in [0.3, 0.4) is 0 Å². The molecule has 0 fully saturated rings. The zero-order valence-electron chi connectivity index (χ0n) is 11.0. The van der Waals surface area contributed by atoms with E-state index < -0.39 is 0 Å². The maximum absolute atomic E-state index is 12.2. The number of carbonyl (C=O) groups excluding carboxylic acids is 1. The summed E-state index contributed by atoms with van der Waals surface area (Å²) >= 11 is 3.42. The second-order valence-electron chi connectivity index (χ2n) is 4.99. The van der Waals surface area contributed by atoms with Gasteiger partial charge in [-0.05, 0) is 24.3 Å². The van der Waals surface area contributed by atoms with E-state index in [1.165, 1.54) is 0 Å². The highest BCUT2D eigenvalue weighted by Crippen LogP contribution is 2.35. The Morgan fingerprint density at radius 1 is 1.10 bits per heavy atom. The average molecular weight is 339 g/mol. The Labute approximate surface area is 129 Å². The number of carbonyl (C=O) groups is 1. The molecule has 0 spiro atoms. The highest BCUT2D eigenvalue weighted by Gasteiger charge is 2.24. The highest BCUT2D eigenvalue weighted by molar-refractivity contribution is 9.10. The average Bonchev–Trinajstić information content (AvgIpc) is 3.01. The predicted molar refractivity (Wildman–Crippen MR) is 88.9 cm³/mol. The first-order chi connectivity index (χ1) is 10.2. The monoisotopic (exact) mass is 338 g/mol. The molecule has 0 aliphatic carbocycles. The Kier molecular flexibility index (Phi) is 2.72. The van der Waals surface area contributed by atoms with E-state index in [9.17, 15) is 4.79 Å². The molecule has 3 nitrogen and oxygen atoms in total. The number of halogens is 1. The Hall–Kier alpha value is -2.33. The van der Waals surface area contributed by atoms with E-state index in [4.69, 9.17) is 0 Å². The van der Waals surface area contributed by atoms with E-state index in [0.717, 1.165) is 32.2 Å². The first kappa shape index (κ1) is 12.4. The lowest BCUT2D eigenvalue weighted by Gasteiger charge is -1.99. The van der Waals surface area contributed by atoms with Gasteiger partial charge in [0.15, 0.2) is 0 Å². The Morgan fingerprint density at radius 3 is 2.86 bits per heavy atom. The summed E-state index contributed by atoms with van der Waals surface area (Å²) in [6.45, 7) is 0. The summed E-state index contributed by atoms with van der Waals surface area (Å²) < 4.78 is 0.954. The molecule has 2 heterocycles. The molecule has 4 rings (SSSR count). The zero-order valence-corrected chi connectivity index (χ0v) is 12.6. The number of H-pyrrole nitrogens is 1. The van der Waals surface area contributed by atoms with Crippen LogP contribution in [0.25, 0.3) is 22.6 Å². The number of benzene rings is 2. The lowest BCUT2D eigenvalue weighted by Crippen LogP contribution is -2.03. The van der Waals surface area contributed by atoms with Crippen molar-refractivity contribution in [2.24, 2.45) is 0 Å². The fourth-order valence-corrected chi connectivity index (χ4v) is 3.04. The number of hydrogen-bond acceptors (Lipinski definition) is 1. The van der Waals surface area contributed by atoms with Crippen molar-refractivity contribution in [3.63, 3.8) is 0 Å². The third-order valence-corrected chi connectivity index (χ3v) is 4.18. The van der Waals surface area contributed by atoms with E-state index in [2.05, 4.69) is 26.2 Å². The summed E-state index contributed by atoms with van der Waals surface area (Å²) in [7, 11) is 0. The first-order valence-electron chi connectivity index (χ1n) is 6.61. The summed E-state index contributed by atoms with van der Waals surface area (Å²) in [5.74, 6) is -0.0617. The van der Waals surface area contributed by atoms with Crippen LogP contribution in [0.5, 0.6) is 0 Å². The first-order valence-corrected chi connectivity index (χ1v) is 7.41. The van der Waals surface area contributed by atoms with Crippen molar-refractivity contribution in [1.29, 1.82) is 0 Å². The molecule has 0 unspecified atom stereocenters. The second-order valence-corrected chi connectivity index (χ2v) is 5.91. The van der Waals surface area contributed by atoms with Crippen LogP contribution in [0.2, 0.25) is 0 Å². The number of hydrogen-bond donors (Lipinski definition) is 2. The number of aromatic amines is 1. The molecule has 21 heavy (non-hydrogen) atoms. The van der Waals surface area contributed by atoms with Crippen molar-refractivity contribution < 1.29 is 4.79 Å². The minimum Gasteiger partial charge on any atom is -0.361 e. The summed E-state index contributed by atoms with van der Waals surface area (Å²) in [6, 6.07) is 13.9. The Bertz CT molecular complexity index is 908. The van der Waals surface area contributed by atoms with Crippen LogP contribution in [0, 0.1) is 0 Å². The number of anilines is 1. The van der Waals surface area contributed by atoms with Gasteiger partial charge in [0.1, 0.15) is 0 Å². The van der Waals surface area contributed by atoms with Gasteiger partial charge in [0.25, 0.3) is 5.91 Å². The van der Waals surface area contributed by atoms with Crippen LogP contribution in [0.1, 0.15) is 11.1 Å². The number of nitrogens with one attached hydrogen (secondary N) is 2. The van der Waals surface area contributed by atoms with E-state index in [0.29, 0.717) is 5.57 Å². The smallest absolute Gasteiger partial charge is 0.256 e. The van der Waals surface area contributed by atoms with Crippen molar-refractivity contribution in [2.45, 2.75) is 0 Å². The number of amides is 1. The molecule has 0 atom stereocenters. The molecule has 102 valence electrons. The molecule has 0 saturated carbocycles. The van der Waals surface area contributed by atoms with Gasteiger partial charge in [-0.15, -0.1) is 0 Å². The number of rotatable bonds is 1. The summed E-state index contributed by atoms with van der Waals surface area (Å²) in [5, 5.41) is 4.02. The normalized spacial score (nSPS) is 15.5. The van der Waals surface area contributed by atoms with E-state index >= 15 is 0 Å². The van der Waals surface area contributed by atoms with Gasteiger partial charge in [0.05, 0.1) is 5.69 Å². The fraction of sp³-hybridized carbons (Fsp3) is 0. The van der Waals surface area contributed by atoms with Crippen LogP contribution in [-0.4, -0.2) is 10.9 Å². The maximum atomic E-state index is 12.2. The SMILES string of the molecule is O=C1Nc2cc(Br)ccc2C1=Cc1c[nH]c2ccccc12. The summed E-state index contributed by atoms with van der Waals surface area (Å²) in [6.07, 6.45) is 3.87. The minimum atomic E-state index is -0.0617. The molecule has 2 N–H and O–H groups in total. The molecular weight excluding hydrogens is 328 g/mol. The Balaban J connectivity index is 1.89. The van der Waals surface area contributed by atoms with Gasteiger partial charge >= 0.3 is 0 Å². The third kappa shape index (κ3) is 1.99. The molecule has 1 amide bonds. The molecule has 0 bridgehead atoms. The molecular formula is C17H11BrN2O. The largest absolute Gasteiger partial charge is 0.361 e. The minimum absolute atomic E-state index is 0.0617. The molecule has 1 aromatic heterocycles. The molecule has 4 heteroatoms. The van der Waals surface area contributed by atoms with E-state index in [1.807, 2.05) is 54.7 Å². The van der Waals surface area contributed by atoms with Crippen molar-refractivity contribution in [1.82, 2.24) is 4.98 Å². The zero-order chi connectivity index (χ0) is 14.4. The van der Waals surface area contributed by atoms with Crippen LogP contribution < -0.4 is 5.32 Å².